The maximum atomic E-state index is 12.0. The quantitative estimate of drug-likeness (QED) is 0.526. The van der Waals surface area contributed by atoms with Crippen molar-refractivity contribution in [3.63, 3.8) is 0 Å². The lowest BCUT2D eigenvalue weighted by Crippen LogP contribution is -2.48. The lowest BCUT2D eigenvalue weighted by Gasteiger charge is -2.31. The Balaban J connectivity index is 1.60. The second-order valence-electron chi connectivity index (χ2n) is 7.30. The van der Waals surface area contributed by atoms with Crippen LogP contribution in [0, 0.1) is 0 Å². The van der Waals surface area contributed by atoms with Crippen molar-refractivity contribution >= 4 is 45.6 Å². The Kier molecular flexibility index (Phi) is 4.63. The summed E-state index contributed by atoms with van der Waals surface area (Å²) in [6.45, 7) is 3.59. The molecular formula is C21H20ClN7O. The van der Waals surface area contributed by atoms with Crippen molar-refractivity contribution in [2.45, 2.75) is 13.0 Å². The number of anilines is 2. The van der Waals surface area contributed by atoms with Crippen LogP contribution in [0.1, 0.15) is 18.5 Å². The summed E-state index contributed by atoms with van der Waals surface area (Å²) in [5, 5.41) is 12.1. The van der Waals surface area contributed by atoms with Crippen LogP contribution in [0.5, 0.6) is 0 Å². The van der Waals surface area contributed by atoms with Crippen LogP contribution in [0.3, 0.4) is 0 Å². The number of para-hydroxylation sites is 1. The second-order valence-corrected chi connectivity index (χ2v) is 7.70. The Morgan fingerprint density at radius 1 is 1.27 bits per heavy atom. The van der Waals surface area contributed by atoms with Crippen LogP contribution < -0.4 is 15.5 Å². The average molecular weight is 422 g/mol. The molecule has 0 bridgehead atoms. The number of carbonyl (C=O) groups is 1. The SMILES string of the molecule is C[C@H](Nc1ncnn2cccc12)c1cc2cccc(Cl)c2nc1N1CCNC(=O)C1. The van der Waals surface area contributed by atoms with Gasteiger partial charge in [0.15, 0.2) is 5.82 Å². The van der Waals surface area contributed by atoms with Gasteiger partial charge < -0.3 is 15.5 Å². The van der Waals surface area contributed by atoms with Crippen molar-refractivity contribution in [1.82, 2.24) is 24.9 Å². The highest BCUT2D eigenvalue weighted by molar-refractivity contribution is 6.35. The van der Waals surface area contributed by atoms with Crippen molar-refractivity contribution in [2.75, 3.05) is 29.9 Å². The first-order valence-corrected chi connectivity index (χ1v) is 10.1. The van der Waals surface area contributed by atoms with Gasteiger partial charge in [0, 0.05) is 30.2 Å². The van der Waals surface area contributed by atoms with E-state index < -0.39 is 0 Å². The van der Waals surface area contributed by atoms with E-state index in [4.69, 9.17) is 16.6 Å². The monoisotopic (exact) mass is 421 g/mol. The van der Waals surface area contributed by atoms with Gasteiger partial charge in [-0.15, -0.1) is 0 Å². The van der Waals surface area contributed by atoms with E-state index in [1.165, 1.54) is 6.33 Å². The Morgan fingerprint density at radius 2 is 2.17 bits per heavy atom. The molecule has 3 aromatic heterocycles. The van der Waals surface area contributed by atoms with Crippen LogP contribution >= 0.6 is 11.6 Å². The number of benzene rings is 1. The third-order valence-corrected chi connectivity index (χ3v) is 5.60. The molecule has 0 aliphatic carbocycles. The lowest BCUT2D eigenvalue weighted by atomic mass is 10.0. The fourth-order valence-electron chi connectivity index (χ4n) is 3.82. The number of halogens is 1. The minimum absolute atomic E-state index is 0.0143. The van der Waals surface area contributed by atoms with Crippen molar-refractivity contribution in [3.05, 3.63) is 59.5 Å². The molecule has 8 nitrogen and oxygen atoms in total. The van der Waals surface area contributed by atoms with Gasteiger partial charge in [-0.1, -0.05) is 23.7 Å². The third-order valence-electron chi connectivity index (χ3n) is 5.30. The van der Waals surface area contributed by atoms with E-state index >= 15 is 0 Å². The van der Waals surface area contributed by atoms with Crippen LogP contribution in [0.15, 0.2) is 48.9 Å². The molecule has 2 N–H and O–H groups in total. The molecule has 0 unspecified atom stereocenters. The molecule has 0 saturated carbocycles. The number of fused-ring (bicyclic) bond motifs is 2. The number of nitrogens with one attached hydrogen (secondary N) is 2. The summed E-state index contributed by atoms with van der Waals surface area (Å²) in [6, 6.07) is 11.6. The Labute approximate surface area is 177 Å². The number of carbonyl (C=O) groups excluding carboxylic acids is 1. The highest BCUT2D eigenvalue weighted by Gasteiger charge is 2.24. The van der Waals surface area contributed by atoms with E-state index in [9.17, 15) is 4.79 Å². The Bertz CT molecular complexity index is 1250. The highest BCUT2D eigenvalue weighted by atomic mass is 35.5. The number of amides is 1. The molecule has 9 heteroatoms. The molecule has 1 fully saturated rings. The minimum atomic E-state index is -0.116. The van der Waals surface area contributed by atoms with E-state index in [-0.39, 0.29) is 18.5 Å². The number of piperazine rings is 1. The van der Waals surface area contributed by atoms with Gasteiger partial charge in [-0.3, -0.25) is 4.79 Å². The normalized spacial score (nSPS) is 15.4. The van der Waals surface area contributed by atoms with Gasteiger partial charge in [-0.2, -0.15) is 5.10 Å². The zero-order valence-corrected chi connectivity index (χ0v) is 17.1. The maximum Gasteiger partial charge on any atom is 0.239 e. The van der Waals surface area contributed by atoms with Crippen LogP contribution in [0.2, 0.25) is 5.02 Å². The molecule has 1 aliphatic heterocycles. The number of pyridine rings is 1. The summed E-state index contributed by atoms with van der Waals surface area (Å²) in [5.74, 6) is 1.47. The van der Waals surface area contributed by atoms with Crippen LogP contribution in [-0.2, 0) is 4.79 Å². The molecule has 1 aromatic carbocycles. The van der Waals surface area contributed by atoms with Gasteiger partial charge in [0.1, 0.15) is 17.7 Å². The summed E-state index contributed by atoms with van der Waals surface area (Å²) in [6.07, 6.45) is 3.40. The largest absolute Gasteiger partial charge is 0.362 e. The summed E-state index contributed by atoms with van der Waals surface area (Å²) in [4.78, 5) is 23.3. The Morgan fingerprint density at radius 3 is 3.03 bits per heavy atom. The summed E-state index contributed by atoms with van der Waals surface area (Å²) >= 11 is 6.42. The lowest BCUT2D eigenvalue weighted by molar-refractivity contribution is -0.120. The fourth-order valence-corrected chi connectivity index (χ4v) is 4.04. The molecule has 5 rings (SSSR count). The molecule has 1 amide bonds. The molecule has 30 heavy (non-hydrogen) atoms. The van der Waals surface area contributed by atoms with Gasteiger partial charge in [0.2, 0.25) is 5.91 Å². The molecule has 0 spiro atoms. The summed E-state index contributed by atoms with van der Waals surface area (Å²) in [5.41, 5.74) is 2.59. The van der Waals surface area contributed by atoms with Crippen molar-refractivity contribution < 1.29 is 4.79 Å². The zero-order valence-electron chi connectivity index (χ0n) is 16.3. The van der Waals surface area contributed by atoms with Gasteiger partial charge in [0.05, 0.1) is 23.1 Å². The van der Waals surface area contributed by atoms with Gasteiger partial charge in [-0.05, 0) is 31.2 Å². The van der Waals surface area contributed by atoms with E-state index in [1.54, 1.807) is 4.52 Å². The maximum absolute atomic E-state index is 12.0. The van der Waals surface area contributed by atoms with E-state index in [0.717, 1.165) is 33.6 Å². The molecule has 1 saturated heterocycles. The fraction of sp³-hybridized carbons (Fsp3) is 0.238. The first kappa shape index (κ1) is 18.6. The first-order chi connectivity index (χ1) is 14.6. The van der Waals surface area contributed by atoms with Crippen molar-refractivity contribution in [3.8, 4) is 0 Å². The standard InChI is InChI=1S/C21H20ClN7O/c1-13(26-20-17-6-3-8-29(17)25-12-24-20)15-10-14-4-2-5-16(22)19(14)27-21(15)28-9-7-23-18(30)11-28/h2-6,8,10,12-13H,7,9,11H2,1H3,(H,23,30)(H,24,25,26)/t13-/m0/s1. The third kappa shape index (κ3) is 3.29. The number of nitrogens with zero attached hydrogens (tertiary/aromatic N) is 5. The summed E-state index contributed by atoms with van der Waals surface area (Å²) < 4.78 is 1.77. The predicted octanol–water partition coefficient (Wildman–Crippen LogP) is 3.04. The van der Waals surface area contributed by atoms with E-state index in [1.807, 2.05) is 41.4 Å². The van der Waals surface area contributed by atoms with Crippen LogP contribution in [-0.4, -0.2) is 45.1 Å². The first-order valence-electron chi connectivity index (χ1n) is 9.76. The molecule has 4 aromatic rings. The van der Waals surface area contributed by atoms with E-state index in [2.05, 4.69) is 33.7 Å². The van der Waals surface area contributed by atoms with Crippen LogP contribution in [0.25, 0.3) is 16.4 Å². The molecular weight excluding hydrogens is 402 g/mol. The van der Waals surface area contributed by atoms with Gasteiger partial charge in [-0.25, -0.2) is 14.5 Å². The van der Waals surface area contributed by atoms with Gasteiger partial charge >= 0.3 is 0 Å². The topological polar surface area (TPSA) is 87.4 Å². The molecule has 1 atom stereocenters. The Hall–Kier alpha value is -3.39. The zero-order chi connectivity index (χ0) is 20.7. The summed E-state index contributed by atoms with van der Waals surface area (Å²) in [7, 11) is 0. The number of rotatable bonds is 4. The highest BCUT2D eigenvalue weighted by Crippen LogP contribution is 2.33. The smallest absolute Gasteiger partial charge is 0.239 e. The average Bonchev–Trinajstić information content (AvgIpc) is 3.23. The van der Waals surface area contributed by atoms with Crippen molar-refractivity contribution in [1.29, 1.82) is 0 Å². The number of hydrogen-bond acceptors (Lipinski definition) is 6. The minimum Gasteiger partial charge on any atom is -0.362 e. The molecule has 1 aliphatic rings. The number of aromatic nitrogens is 4. The predicted molar refractivity (Wildman–Crippen MR) is 117 cm³/mol. The van der Waals surface area contributed by atoms with Crippen molar-refractivity contribution in [2.24, 2.45) is 0 Å². The van der Waals surface area contributed by atoms with Gasteiger partial charge in [0.25, 0.3) is 0 Å². The molecule has 0 radical (unpaired) electrons. The second kappa shape index (κ2) is 7.46. The van der Waals surface area contributed by atoms with Crippen LogP contribution in [0.4, 0.5) is 11.6 Å². The number of hydrogen-bond donors (Lipinski definition) is 2. The molecule has 152 valence electrons. The molecule has 4 heterocycles. The van der Waals surface area contributed by atoms with E-state index in [0.29, 0.717) is 18.1 Å².